The van der Waals surface area contributed by atoms with Gasteiger partial charge < -0.3 is 10.8 Å². The number of carboxylic acids is 1. The number of hydrogen-bond donors (Lipinski definition) is 2. The van der Waals surface area contributed by atoms with E-state index in [0.717, 1.165) is 12.8 Å². The van der Waals surface area contributed by atoms with E-state index in [1.54, 1.807) is 0 Å². The van der Waals surface area contributed by atoms with Crippen molar-refractivity contribution in [3.63, 3.8) is 0 Å². The van der Waals surface area contributed by atoms with Gasteiger partial charge in [0.25, 0.3) is 0 Å². The van der Waals surface area contributed by atoms with E-state index < -0.39 is 5.97 Å². The molecule has 0 radical (unpaired) electrons. The Bertz CT molecular complexity index is 248. The molecule has 0 aromatic heterocycles. The summed E-state index contributed by atoms with van der Waals surface area (Å²) >= 11 is 0.422. The minimum atomic E-state index is -0.968. The summed E-state index contributed by atoms with van der Waals surface area (Å²) in [7, 11) is 0. The smallest absolute Gasteiger partial charge is 0.317 e. The van der Waals surface area contributed by atoms with Crippen molar-refractivity contribution in [3.8, 4) is 0 Å². The second kappa shape index (κ2) is 20.7. The molecule has 0 saturated carbocycles. The van der Waals surface area contributed by atoms with Gasteiger partial charge in [0.15, 0.2) is 0 Å². The Morgan fingerprint density at radius 1 is 0.857 bits per heavy atom. The average Bonchev–Trinajstić information content (AvgIpc) is 2.45. The number of nitrogens with two attached hydrogens (primary N) is 1. The number of carbonyl (C=O) groups excluding carboxylic acids is 1. The minimum Gasteiger partial charge on any atom is -0.480 e. The molecule has 3 N–H and O–H groups in total. The fourth-order valence-corrected chi connectivity index (χ4v) is 2.59. The van der Waals surface area contributed by atoms with Crippen LogP contribution in [0.15, 0.2) is 0 Å². The van der Waals surface area contributed by atoms with Gasteiger partial charge >= 0.3 is 130 Å². The largest absolute Gasteiger partial charge is 0.480 e. The van der Waals surface area contributed by atoms with Crippen molar-refractivity contribution in [1.82, 2.24) is 0 Å². The van der Waals surface area contributed by atoms with Crippen molar-refractivity contribution in [2.75, 3.05) is 6.54 Å². The van der Waals surface area contributed by atoms with Gasteiger partial charge in [-0.15, -0.1) is 0 Å². The number of rotatable bonds is 13. The van der Waals surface area contributed by atoms with Crippen LogP contribution in [0.4, 0.5) is 0 Å². The molecule has 5 heteroatoms. The minimum absolute atomic E-state index is 0.278. The molecule has 0 spiro atoms. The summed E-state index contributed by atoms with van der Waals surface area (Å²) in [6.07, 6.45) is 15.9. The molecule has 0 unspecified atom stereocenters. The number of aliphatic carboxylic acids is 1. The Kier molecular flexibility index (Phi) is 23.7. The molecule has 0 aliphatic rings. The van der Waals surface area contributed by atoms with Crippen LogP contribution in [-0.4, -0.2) is 66.5 Å². The molecule has 0 aliphatic carbocycles. The van der Waals surface area contributed by atoms with Crippen LogP contribution in [0.3, 0.4) is 0 Å². The quantitative estimate of drug-likeness (QED) is 0.402. The van der Waals surface area contributed by atoms with Gasteiger partial charge in [0.05, 0.1) is 6.54 Å². The number of unbranched alkanes of at least 4 members (excludes halogenated alkanes) is 10. The summed E-state index contributed by atoms with van der Waals surface area (Å²) in [5, 5.41) is 7.60. The van der Waals surface area contributed by atoms with E-state index in [1.807, 2.05) is 0 Å². The van der Waals surface area contributed by atoms with Crippen LogP contribution in [0, 0.1) is 0 Å². The first-order valence-corrected chi connectivity index (χ1v) is 10.0. The van der Waals surface area contributed by atoms with Crippen molar-refractivity contribution in [3.05, 3.63) is 0 Å². The third-order valence-electron chi connectivity index (χ3n) is 3.31. The molecule has 21 heavy (non-hydrogen) atoms. The second-order valence-electron chi connectivity index (χ2n) is 5.59. The number of hydrogen-bond acceptors (Lipinski definition) is 3. The summed E-state index contributed by atoms with van der Waals surface area (Å²) in [4.78, 5) is 20.0. The van der Waals surface area contributed by atoms with Gasteiger partial charge in [0.1, 0.15) is 0 Å². The summed E-state index contributed by atoms with van der Waals surface area (Å²) in [5.74, 6) is -0.968. The van der Waals surface area contributed by atoms with E-state index in [0.29, 0.717) is 48.8 Å². The van der Waals surface area contributed by atoms with Crippen LogP contribution >= 0.6 is 0 Å². The van der Waals surface area contributed by atoms with Crippen LogP contribution in [0.2, 0.25) is 0 Å². The summed E-state index contributed by atoms with van der Waals surface area (Å²) < 4.78 is 0.531. The zero-order valence-electron chi connectivity index (χ0n) is 14.0. The Hall–Kier alpha value is 0.736. The molecule has 0 saturated heterocycles. The predicted octanol–water partition coefficient (Wildman–Crippen LogP) is 3.41. The van der Waals surface area contributed by atoms with E-state index >= 15 is 0 Å². The molecule has 0 atom stereocenters. The van der Waals surface area contributed by atoms with E-state index in [1.165, 1.54) is 64.2 Å². The van der Waals surface area contributed by atoms with Gasteiger partial charge in [-0.3, -0.25) is 4.79 Å². The fraction of sp³-hybridized carbons (Fsp3) is 0.875. The Morgan fingerprint density at radius 3 is 1.48 bits per heavy atom. The topological polar surface area (TPSA) is 80.4 Å². The Balaban J connectivity index is 0. The molecule has 0 fully saturated rings. The van der Waals surface area contributed by atoms with Crippen molar-refractivity contribution in [1.29, 1.82) is 0 Å². The van der Waals surface area contributed by atoms with Crippen LogP contribution in [0.5, 0.6) is 0 Å². The predicted molar refractivity (Wildman–Crippen MR) is 88.5 cm³/mol. The maximum absolute atomic E-state index is 10.8. The second-order valence-corrected chi connectivity index (χ2v) is 7.33. The molecule has 0 bridgehead atoms. The molecule has 0 amide bonds. The maximum Gasteiger partial charge on any atom is 0.317 e. The molecule has 0 rings (SSSR count). The molecule has 120 valence electrons. The van der Waals surface area contributed by atoms with E-state index in [4.69, 9.17) is 5.11 Å². The molecule has 0 aliphatic heterocycles. The van der Waals surface area contributed by atoms with Crippen molar-refractivity contribution >= 4 is 54.8 Å². The van der Waals surface area contributed by atoms with Crippen molar-refractivity contribution in [2.24, 2.45) is 5.73 Å². The first-order valence-electron chi connectivity index (χ1n) is 8.45. The van der Waals surface area contributed by atoms with E-state index in [-0.39, 0.29) is 6.54 Å². The molecule has 0 aromatic carbocycles. The van der Waals surface area contributed by atoms with Crippen LogP contribution in [-0.2, 0) is 9.59 Å². The maximum atomic E-state index is 10.8. The van der Waals surface area contributed by atoms with Crippen LogP contribution in [0.1, 0.15) is 84.0 Å². The monoisotopic (exact) mass is 325 g/mol. The first-order chi connectivity index (χ1) is 10.0. The molecular formula is C16H32KNO3. The Morgan fingerprint density at radius 2 is 1.19 bits per heavy atom. The van der Waals surface area contributed by atoms with E-state index in [9.17, 15) is 9.59 Å². The SMILES string of the molecule is CCCCCCCCCCCCC[C](=O)[K].NCC(=O)O. The van der Waals surface area contributed by atoms with Crippen molar-refractivity contribution in [2.45, 2.75) is 84.0 Å². The molecular weight excluding hydrogens is 293 g/mol. The zero-order valence-corrected chi connectivity index (χ0v) is 17.2. The van der Waals surface area contributed by atoms with Gasteiger partial charge in [-0.1, -0.05) is 13.3 Å². The standard InChI is InChI=1S/C14H27O.C2H5NO2.K/c1-2-3-4-5-6-7-8-9-10-11-12-13-14-15;3-1-2(4)5;/h2-13H2,1H3;1,3H2,(H,4,5);. The third-order valence-corrected chi connectivity index (χ3v) is 4.09. The first kappa shape index (κ1) is 24.0. The van der Waals surface area contributed by atoms with Gasteiger partial charge in [0.2, 0.25) is 0 Å². The van der Waals surface area contributed by atoms with Crippen LogP contribution < -0.4 is 5.73 Å². The zero-order chi connectivity index (χ0) is 16.3. The van der Waals surface area contributed by atoms with Gasteiger partial charge in [0, 0.05) is 0 Å². The van der Waals surface area contributed by atoms with Gasteiger partial charge in [-0.25, -0.2) is 0 Å². The van der Waals surface area contributed by atoms with Gasteiger partial charge in [-0.2, -0.15) is 0 Å². The summed E-state index contributed by atoms with van der Waals surface area (Å²) in [5.41, 5.74) is 4.57. The summed E-state index contributed by atoms with van der Waals surface area (Å²) in [6.45, 7) is 1.99. The molecule has 0 heterocycles. The Labute approximate surface area is 164 Å². The number of carbonyl (C=O) groups is 2. The van der Waals surface area contributed by atoms with Gasteiger partial charge in [-0.05, 0) is 0 Å². The normalized spacial score (nSPS) is 9.90. The summed E-state index contributed by atoms with van der Waals surface area (Å²) in [6, 6.07) is 0. The van der Waals surface area contributed by atoms with E-state index in [2.05, 4.69) is 12.7 Å². The third kappa shape index (κ3) is 29.4. The van der Waals surface area contributed by atoms with Crippen molar-refractivity contribution < 1.29 is 14.7 Å². The number of carboxylic acid groups (broad SMARTS) is 1. The average molecular weight is 326 g/mol. The molecule has 4 nitrogen and oxygen atoms in total. The molecule has 0 aromatic rings. The fourth-order valence-electron chi connectivity index (χ4n) is 2.04. The van der Waals surface area contributed by atoms with Crippen LogP contribution in [0.25, 0.3) is 0 Å².